The second kappa shape index (κ2) is 6.28. The minimum atomic E-state index is -0.480. The van der Waals surface area contributed by atoms with E-state index in [2.05, 4.69) is 24.8 Å². The Morgan fingerprint density at radius 2 is 1.79 bits per heavy atom. The van der Waals surface area contributed by atoms with Crippen LogP contribution in [0.1, 0.15) is 40.2 Å². The normalized spacial score (nSPS) is 24.0. The van der Waals surface area contributed by atoms with E-state index in [0.717, 1.165) is 25.2 Å². The molecule has 0 bridgehead atoms. The van der Waals surface area contributed by atoms with Crippen molar-refractivity contribution >= 4 is 17.5 Å². The van der Waals surface area contributed by atoms with Crippen molar-refractivity contribution in [3.8, 4) is 0 Å². The fourth-order valence-corrected chi connectivity index (χ4v) is 3.59. The largest absolute Gasteiger partial charge is 0.443 e. The third kappa shape index (κ3) is 3.51. The second-order valence-corrected chi connectivity index (χ2v) is 7.82. The van der Waals surface area contributed by atoms with E-state index in [9.17, 15) is 4.79 Å². The molecule has 1 saturated heterocycles. The summed E-state index contributed by atoms with van der Waals surface area (Å²) in [5, 5.41) is 0. The van der Waals surface area contributed by atoms with E-state index >= 15 is 0 Å². The van der Waals surface area contributed by atoms with Gasteiger partial charge in [0.15, 0.2) is 0 Å². The highest BCUT2D eigenvalue weighted by Crippen LogP contribution is 2.37. The zero-order chi connectivity index (χ0) is 17.5. The number of anilines is 2. The van der Waals surface area contributed by atoms with Crippen molar-refractivity contribution in [2.45, 2.75) is 58.8 Å². The Hall–Kier alpha value is -1.75. The molecule has 0 N–H and O–H groups in total. The predicted molar refractivity (Wildman–Crippen MR) is 95.9 cm³/mol. The third-order valence-corrected chi connectivity index (χ3v) is 4.38. The van der Waals surface area contributed by atoms with Gasteiger partial charge in [0.1, 0.15) is 5.60 Å². The Morgan fingerprint density at radius 3 is 2.42 bits per heavy atom. The minimum absolute atomic E-state index is 0.216. The van der Waals surface area contributed by atoms with Gasteiger partial charge in [-0.3, -0.25) is 4.90 Å². The molecule has 24 heavy (non-hydrogen) atoms. The quantitative estimate of drug-likeness (QED) is 0.788. The minimum Gasteiger partial charge on any atom is -0.443 e. The van der Waals surface area contributed by atoms with Crippen LogP contribution in [0.15, 0.2) is 18.2 Å². The molecule has 1 aromatic carbocycles. The van der Waals surface area contributed by atoms with Crippen molar-refractivity contribution in [1.82, 2.24) is 0 Å². The Balaban J connectivity index is 1.85. The Kier molecular flexibility index (Phi) is 4.47. The average Bonchev–Trinajstić information content (AvgIpc) is 2.88. The van der Waals surface area contributed by atoms with Crippen LogP contribution < -0.4 is 9.80 Å². The van der Waals surface area contributed by atoms with Gasteiger partial charge in [0.05, 0.1) is 17.9 Å². The molecule has 0 aliphatic carbocycles. The second-order valence-electron chi connectivity index (χ2n) is 7.82. The first-order valence-electron chi connectivity index (χ1n) is 8.77. The van der Waals surface area contributed by atoms with Crippen molar-refractivity contribution in [2.75, 3.05) is 29.4 Å². The molecule has 1 amide bonds. The fourth-order valence-electron chi connectivity index (χ4n) is 3.59. The lowest BCUT2D eigenvalue weighted by atomic mass is 10.1. The number of nitrogens with zero attached hydrogens (tertiary/aromatic N) is 2. The number of carbonyl (C=O) groups excluding carboxylic acids is 1. The number of amides is 1. The maximum Gasteiger partial charge on any atom is 0.414 e. The highest BCUT2D eigenvalue weighted by atomic mass is 16.6. The number of fused-ring (bicyclic) bond motifs is 1. The van der Waals surface area contributed by atoms with Crippen LogP contribution in [0.25, 0.3) is 0 Å². The van der Waals surface area contributed by atoms with Crippen molar-refractivity contribution in [1.29, 1.82) is 0 Å². The first-order valence-corrected chi connectivity index (χ1v) is 8.77. The zero-order valence-corrected chi connectivity index (χ0v) is 15.3. The van der Waals surface area contributed by atoms with Crippen LogP contribution in [-0.4, -0.2) is 43.5 Å². The maximum absolute atomic E-state index is 12.5. The molecule has 2 atom stereocenters. The van der Waals surface area contributed by atoms with Gasteiger partial charge in [-0.05, 0) is 53.2 Å². The summed E-state index contributed by atoms with van der Waals surface area (Å²) < 4.78 is 11.4. The summed E-state index contributed by atoms with van der Waals surface area (Å²) in [7, 11) is 0. The number of rotatable bonds is 1. The molecular weight excluding hydrogens is 304 g/mol. The summed E-state index contributed by atoms with van der Waals surface area (Å²) in [6, 6.07) is 6.20. The maximum atomic E-state index is 12.5. The predicted octanol–water partition coefficient (Wildman–Crippen LogP) is 3.60. The van der Waals surface area contributed by atoms with Crippen molar-refractivity contribution in [3.05, 3.63) is 23.8 Å². The summed E-state index contributed by atoms with van der Waals surface area (Å²) >= 11 is 0. The number of hydrogen-bond acceptors (Lipinski definition) is 4. The van der Waals surface area contributed by atoms with E-state index in [1.165, 1.54) is 11.3 Å². The summed E-state index contributed by atoms with van der Waals surface area (Å²) in [6.45, 7) is 12.4. The van der Waals surface area contributed by atoms with Gasteiger partial charge in [-0.1, -0.05) is 6.07 Å². The summed E-state index contributed by atoms with van der Waals surface area (Å²) in [5.41, 5.74) is 2.96. The van der Waals surface area contributed by atoms with Gasteiger partial charge in [0.2, 0.25) is 0 Å². The van der Waals surface area contributed by atoms with Crippen LogP contribution in [0.3, 0.4) is 0 Å². The first kappa shape index (κ1) is 17.1. The molecule has 0 saturated carbocycles. The lowest BCUT2D eigenvalue weighted by molar-refractivity contribution is -0.00525. The smallest absolute Gasteiger partial charge is 0.414 e. The van der Waals surface area contributed by atoms with Crippen molar-refractivity contribution in [2.24, 2.45) is 0 Å². The molecule has 0 spiro atoms. The monoisotopic (exact) mass is 332 g/mol. The molecule has 2 heterocycles. The molecule has 0 radical (unpaired) electrons. The number of carbonyl (C=O) groups is 1. The van der Waals surface area contributed by atoms with Crippen molar-refractivity contribution < 1.29 is 14.3 Å². The topological polar surface area (TPSA) is 42.0 Å². The van der Waals surface area contributed by atoms with E-state index in [1.807, 2.05) is 32.9 Å². The molecule has 1 aromatic rings. The molecular formula is C19H28N2O3. The Bertz CT molecular complexity index is 614. The Morgan fingerprint density at radius 1 is 1.17 bits per heavy atom. The van der Waals surface area contributed by atoms with E-state index in [4.69, 9.17) is 9.47 Å². The van der Waals surface area contributed by atoms with Crippen molar-refractivity contribution in [3.63, 3.8) is 0 Å². The SMILES string of the molecule is CC1CN(c2cccc3c2CCN3C(=O)OC(C)(C)C)CC(C)O1. The van der Waals surface area contributed by atoms with E-state index in [0.29, 0.717) is 6.54 Å². The van der Waals surface area contributed by atoms with Gasteiger partial charge >= 0.3 is 6.09 Å². The summed E-state index contributed by atoms with van der Waals surface area (Å²) in [6.07, 6.45) is 1.04. The van der Waals surface area contributed by atoms with Crippen LogP contribution in [0.5, 0.6) is 0 Å². The highest BCUT2D eigenvalue weighted by Gasteiger charge is 2.32. The van der Waals surface area contributed by atoms with Gasteiger partial charge in [0, 0.05) is 30.9 Å². The zero-order valence-electron chi connectivity index (χ0n) is 15.3. The van der Waals surface area contributed by atoms with E-state index in [-0.39, 0.29) is 18.3 Å². The lowest BCUT2D eigenvalue weighted by Gasteiger charge is -2.37. The van der Waals surface area contributed by atoms with Crippen LogP contribution in [0, 0.1) is 0 Å². The number of hydrogen-bond donors (Lipinski definition) is 0. The molecule has 3 rings (SSSR count). The lowest BCUT2D eigenvalue weighted by Crippen LogP contribution is -2.45. The van der Waals surface area contributed by atoms with E-state index in [1.54, 1.807) is 4.90 Å². The molecule has 2 aliphatic heterocycles. The Labute approximate surface area is 144 Å². The molecule has 5 nitrogen and oxygen atoms in total. The molecule has 5 heteroatoms. The van der Waals surface area contributed by atoms with Gasteiger partial charge in [-0.25, -0.2) is 4.79 Å². The van der Waals surface area contributed by atoms with Crippen LogP contribution in [0.4, 0.5) is 16.2 Å². The van der Waals surface area contributed by atoms with Crippen LogP contribution in [0.2, 0.25) is 0 Å². The molecule has 1 fully saturated rings. The van der Waals surface area contributed by atoms with E-state index < -0.39 is 5.60 Å². The average molecular weight is 332 g/mol. The molecule has 2 unspecified atom stereocenters. The summed E-state index contributed by atoms with van der Waals surface area (Å²) in [4.78, 5) is 16.6. The molecule has 0 aromatic heterocycles. The van der Waals surface area contributed by atoms with Gasteiger partial charge in [0.25, 0.3) is 0 Å². The number of benzene rings is 1. The highest BCUT2D eigenvalue weighted by molar-refractivity contribution is 5.92. The van der Waals surface area contributed by atoms with Gasteiger partial charge in [-0.15, -0.1) is 0 Å². The van der Waals surface area contributed by atoms with Gasteiger partial charge < -0.3 is 14.4 Å². The molecule has 2 aliphatic rings. The first-order chi connectivity index (χ1) is 11.2. The van der Waals surface area contributed by atoms with Crippen LogP contribution in [-0.2, 0) is 15.9 Å². The number of morpholine rings is 1. The summed E-state index contributed by atoms with van der Waals surface area (Å²) in [5.74, 6) is 0. The van der Waals surface area contributed by atoms with Crippen LogP contribution >= 0.6 is 0 Å². The standard InChI is InChI=1S/C19H28N2O3/c1-13-11-20(12-14(2)23-13)16-7-6-8-17-15(16)9-10-21(17)18(22)24-19(3,4)5/h6-8,13-14H,9-12H2,1-5H3. The number of ether oxygens (including phenoxy) is 2. The third-order valence-electron chi connectivity index (χ3n) is 4.38. The van der Waals surface area contributed by atoms with Gasteiger partial charge in [-0.2, -0.15) is 0 Å². The fraction of sp³-hybridized carbons (Fsp3) is 0.632. The molecule has 132 valence electrons.